The Hall–Kier alpha value is -3.02. The summed E-state index contributed by atoms with van der Waals surface area (Å²) in [5, 5.41) is 3.28. The Morgan fingerprint density at radius 2 is 1.59 bits per heavy atom. The van der Waals surface area contributed by atoms with E-state index in [0.29, 0.717) is 11.4 Å². The summed E-state index contributed by atoms with van der Waals surface area (Å²) < 4.78 is 16.5. The van der Waals surface area contributed by atoms with Crippen molar-refractivity contribution in [2.45, 2.75) is 32.4 Å². The van der Waals surface area contributed by atoms with E-state index in [9.17, 15) is 9.59 Å². The molecule has 0 amide bonds. The summed E-state index contributed by atoms with van der Waals surface area (Å²) in [6, 6.07) is 13.9. The minimum Gasteiger partial charge on any atom is -0.462 e. The number of rotatable bonds is 5. The lowest BCUT2D eigenvalue weighted by atomic mass is 9.85. The van der Waals surface area contributed by atoms with Crippen molar-refractivity contribution in [3.05, 3.63) is 59.7 Å². The van der Waals surface area contributed by atoms with Crippen LogP contribution in [0.2, 0.25) is 0 Å². The fourth-order valence-corrected chi connectivity index (χ4v) is 3.12. The normalized spacial score (nSPS) is 17.1. The zero-order chi connectivity index (χ0) is 19.4. The summed E-state index contributed by atoms with van der Waals surface area (Å²) in [4.78, 5) is 26.0. The van der Waals surface area contributed by atoms with Crippen LogP contribution in [0.4, 0.5) is 5.69 Å². The van der Waals surface area contributed by atoms with Crippen molar-refractivity contribution in [3.8, 4) is 5.75 Å². The Balaban J connectivity index is 2.18. The average Bonchev–Trinajstić information content (AvgIpc) is 2.67. The van der Waals surface area contributed by atoms with Crippen LogP contribution in [-0.2, 0) is 19.1 Å². The molecule has 1 heterocycles. The number of para-hydroxylation sites is 2. The van der Waals surface area contributed by atoms with Crippen LogP contribution >= 0.6 is 0 Å². The van der Waals surface area contributed by atoms with E-state index in [2.05, 4.69) is 5.32 Å². The Morgan fingerprint density at radius 1 is 1.00 bits per heavy atom. The molecule has 1 unspecified atom stereocenters. The van der Waals surface area contributed by atoms with Gasteiger partial charge in [-0.2, -0.15) is 0 Å². The highest BCUT2D eigenvalue weighted by Gasteiger charge is 2.61. The molecule has 0 fully saturated rings. The van der Waals surface area contributed by atoms with Crippen LogP contribution in [0.25, 0.3) is 0 Å². The van der Waals surface area contributed by atoms with Crippen molar-refractivity contribution < 1.29 is 23.8 Å². The van der Waals surface area contributed by atoms with Gasteiger partial charge in [0, 0.05) is 0 Å². The van der Waals surface area contributed by atoms with Gasteiger partial charge < -0.3 is 19.5 Å². The molecule has 1 atom stereocenters. The fourth-order valence-electron chi connectivity index (χ4n) is 3.12. The summed E-state index contributed by atoms with van der Waals surface area (Å²) in [7, 11) is 0. The minimum absolute atomic E-state index is 0.117. The maximum absolute atomic E-state index is 13.0. The van der Waals surface area contributed by atoms with Gasteiger partial charge in [0.2, 0.25) is 0 Å². The molecule has 0 bridgehead atoms. The van der Waals surface area contributed by atoms with E-state index in [-0.39, 0.29) is 13.2 Å². The lowest BCUT2D eigenvalue weighted by Crippen LogP contribution is -2.61. The number of hydrogen-bond acceptors (Lipinski definition) is 6. The molecule has 0 saturated carbocycles. The minimum atomic E-state index is -1.98. The molecular formula is C21H23NO5. The molecular weight excluding hydrogens is 346 g/mol. The Labute approximate surface area is 158 Å². The topological polar surface area (TPSA) is 73.9 Å². The highest BCUT2D eigenvalue weighted by Crippen LogP contribution is 2.44. The van der Waals surface area contributed by atoms with Gasteiger partial charge in [-0.1, -0.05) is 42.0 Å². The number of ether oxygens (including phenoxy) is 3. The monoisotopic (exact) mass is 369 g/mol. The van der Waals surface area contributed by atoms with E-state index in [1.54, 1.807) is 26.0 Å². The summed E-state index contributed by atoms with van der Waals surface area (Å²) in [5.74, 6) is -1.17. The fraction of sp³-hybridized carbons (Fsp3) is 0.333. The highest BCUT2D eigenvalue weighted by molar-refractivity contribution is 6.06. The van der Waals surface area contributed by atoms with Crippen molar-refractivity contribution in [3.63, 3.8) is 0 Å². The highest BCUT2D eigenvalue weighted by atomic mass is 16.6. The number of benzene rings is 2. The number of anilines is 1. The molecule has 0 radical (unpaired) electrons. The molecule has 0 aliphatic carbocycles. The second kappa shape index (κ2) is 7.70. The molecule has 2 aromatic rings. The maximum Gasteiger partial charge on any atom is 0.365 e. The van der Waals surface area contributed by atoms with Crippen molar-refractivity contribution >= 4 is 17.6 Å². The Bertz CT molecular complexity index is 813. The third-order valence-corrected chi connectivity index (χ3v) is 4.43. The van der Waals surface area contributed by atoms with Gasteiger partial charge in [0.1, 0.15) is 11.8 Å². The number of aryl methyl sites for hydroxylation is 1. The van der Waals surface area contributed by atoms with Crippen LogP contribution in [0.5, 0.6) is 5.75 Å². The van der Waals surface area contributed by atoms with Gasteiger partial charge >= 0.3 is 17.5 Å². The first-order valence-corrected chi connectivity index (χ1v) is 8.98. The number of hydrogen-bond donors (Lipinski definition) is 1. The zero-order valence-electron chi connectivity index (χ0n) is 15.7. The first-order valence-electron chi connectivity index (χ1n) is 8.98. The van der Waals surface area contributed by atoms with Crippen molar-refractivity contribution in [1.82, 2.24) is 0 Å². The van der Waals surface area contributed by atoms with Crippen molar-refractivity contribution in [2.75, 3.05) is 18.5 Å². The van der Waals surface area contributed by atoms with Crippen LogP contribution in [0.15, 0.2) is 48.5 Å². The smallest absolute Gasteiger partial charge is 0.365 e. The van der Waals surface area contributed by atoms with E-state index in [1.807, 2.05) is 43.3 Å². The lowest BCUT2D eigenvalue weighted by molar-refractivity contribution is -0.182. The SMILES string of the molecule is CCOC(=O)C1(C(=O)OCC)Oc2ccccc2NC1c1ccc(C)cc1. The van der Waals surface area contributed by atoms with Crippen LogP contribution in [-0.4, -0.2) is 30.8 Å². The molecule has 142 valence electrons. The van der Waals surface area contributed by atoms with Crippen LogP contribution in [0.3, 0.4) is 0 Å². The Kier molecular flexibility index (Phi) is 5.35. The molecule has 6 heteroatoms. The van der Waals surface area contributed by atoms with Gasteiger partial charge in [0.25, 0.3) is 0 Å². The predicted octanol–water partition coefficient (Wildman–Crippen LogP) is 3.41. The van der Waals surface area contributed by atoms with Crippen molar-refractivity contribution in [1.29, 1.82) is 0 Å². The number of nitrogens with one attached hydrogen (secondary N) is 1. The molecule has 2 aromatic carbocycles. The van der Waals surface area contributed by atoms with Gasteiger partial charge in [0.15, 0.2) is 0 Å². The Morgan fingerprint density at radius 3 is 2.19 bits per heavy atom. The molecule has 1 N–H and O–H groups in total. The molecule has 0 spiro atoms. The van der Waals surface area contributed by atoms with Gasteiger partial charge in [-0.3, -0.25) is 0 Å². The quantitative estimate of drug-likeness (QED) is 0.643. The summed E-state index contributed by atoms with van der Waals surface area (Å²) in [5.41, 5.74) is 0.493. The van der Waals surface area contributed by atoms with Gasteiger partial charge in [-0.15, -0.1) is 0 Å². The van der Waals surface area contributed by atoms with Crippen LogP contribution in [0, 0.1) is 6.92 Å². The maximum atomic E-state index is 13.0. The van der Waals surface area contributed by atoms with Gasteiger partial charge in [0.05, 0.1) is 18.9 Å². The molecule has 1 aliphatic heterocycles. The summed E-state index contributed by atoms with van der Waals surface area (Å²) in [6.45, 7) is 5.56. The van der Waals surface area contributed by atoms with Gasteiger partial charge in [-0.05, 0) is 38.5 Å². The molecule has 1 aliphatic rings. The first kappa shape index (κ1) is 18.8. The predicted molar refractivity (Wildman–Crippen MR) is 101 cm³/mol. The number of carbonyl (C=O) groups is 2. The van der Waals surface area contributed by atoms with E-state index in [4.69, 9.17) is 14.2 Å². The van der Waals surface area contributed by atoms with E-state index in [1.165, 1.54) is 0 Å². The lowest BCUT2D eigenvalue weighted by Gasteiger charge is -2.41. The number of carbonyl (C=O) groups excluding carboxylic acids is 2. The molecule has 3 rings (SSSR count). The second-order valence-corrected chi connectivity index (χ2v) is 6.26. The van der Waals surface area contributed by atoms with E-state index < -0.39 is 23.6 Å². The second-order valence-electron chi connectivity index (χ2n) is 6.26. The average molecular weight is 369 g/mol. The van der Waals surface area contributed by atoms with Crippen LogP contribution < -0.4 is 10.1 Å². The largest absolute Gasteiger partial charge is 0.462 e. The first-order chi connectivity index (χ1) is 13.0. The van der Waals surface area contributed by atoms with Crippen LogP contribution in [0.1, 0.15) is 31.0 Å². The summed E-state index contributed by atoms with van der Waals surface area (Å²) >= 11 is 0. The van der Waals surface area contributed by atoms with Gasteiger partial charge in [-0.25, -0.2) is 9.59 Å². The standard InChI is InChI=1S/C21H23NO5/c1-4-25-19(23)21(20(24)26-5-2)18(15-12-10-14(3)11-13-15)22-16-8-6-7-9-17(16)27-21/h6-13,18,22H,4-5H2,1-3H3. The molecule has 6 nitrogen and oxygen atoms in total. The number of esters is 2. The number of fused-ring (bicyclic) bond motifs is 1. The van der Waals surface area contributed by atoms with E-state index >= 15 is 0 Å². The third kappa shape index (κ3) is 3.35. The van der Waals surface area contributed by atoms with Crippen molar-refractivity contribution in [2.24, 2.45) is 0 Å². The molecule has 27 heavy (non-hydrogen) atoms. The summed E-state index contributed by atoms with van der Waals surface area (Å²) in [6.07, 6.45) is 0. The van der Waals surface area contributed by atoms with E-state index in [0.717, 1.165) is 11.1 Å². The molecule has 0 saturated heterocycles. The third-order valence-electron chi connectivity index (χ3n) is 4.43. The zero-order valence-corrected chi connectivity index (χ0v) is 15.7. The molecule has 0 aromatic heterocycles.